The number of aromatic nitrogens is 3. The Balaban J connectivity index is 0.675. The molecule has 2 saturated heterocycles. The summed E-state index contributed by atoms with van der Waals surface area (Å²) >= 11 is 0. The van der Waals surface area contributed by atoms with Gasteiger partial charge in [0.15, 0.2) is 23.3 Å². The Morgan fingerprint density at radius 3 is 2.39 bits per heavy atom. The lowest BCUT2D eigenvalue weighted by Gasteiger charge is -2.66. The van der Waals surface area contributed by atoms with Crippen LogP contribution < -0.4 is 9.47 Å². The number of aromatic hydroxyl groups is 1. The molecule has 6 aliphatic carbocycles. The smallest absolute Gasteiger partial charge is 0.340 e. The number of rotatable bonds is 9. The molecule has 5 heterocycles. The molecule has 14 rings (SSSR count). The SMILES string of the molecule is C[C@H]1[C@H]2C(C(O)[C@H]3[C@H]4[C@H]([C@H](C)[C@H](C)[C@]23C)[C@]2(C)[C@H](C[C@@H]3O[C@@H]3[C@@H]2C)C(=O)[C@@H]4OC(=O)CCCCn2cc(COc3ccc4c(c3)Oc3cc(O)ccc3C43OC(=O)c4ccccc43)nn2)[C@@]2(C)[C@](C)(O)C(=O)C[C@]23O[C@H]13. The molecule has 10 aliphatic rings. The molecule has 0 bridgehead atoms. The predicted molar refractivity (Wildman–Crippen MR) is 269 cm³/mol. The minimum absolute atomic E-state index is 0.00286. The summed E-state index contributed by atoms with van der Waals surface area (Å²) in [5.74, 6) is -1.79. The van der Waals surface area contributed by atoms with Gasteiger partial charge >= 0.3 is 11.9 Å². The number of carbonyl (C=O) groups is 4. The molecule has 4 aliphatic heterocycles. The third-order valence-electron chi connectivity index (χ3n) is 23.0. The first-order chi connectivity index (χ1) is 36.1. The summed E-state index contributed by atoms with van der Waals surface area (Å²) in [5.41, 5.74) is -3.01. The van der Waals surface area contributed by atoms with Gasteiger partial charge in [0.05, 0.1) is 36.2 Å². The Bertz CT molecular complexity index is 3190. The Kier molecular flexibility index (Phi) is 10.1. The van der Waals surface area contributed by atoms with E-state index in [1.807, 2.05) is 25.1 Å². The van der Waals surface area contributed by atoms with Gasteiger partial charge in [-0.2, -0.15) is 0 Å². The van der Waals surface area contributed by atoms with Crippen molar-refractivity contribution in [3.63, 3.8) is 0 Å². The number of benzene rings is 3. The first-order valence-electron chi connectivity index (χ1n) is 27.6. The van der Waals surface area contributed by atoms with Gasteiger partial charge in [-0.15, -0.1) is 5.10 Å². The quantitative estimate of drug-likeness (QED) is 0.0840. The number of carbonyl (C=O) groups excluding carboxylic acids is 4. The van der Waals surface area contributed by atoms with Crippen LogP contribution in [0.4, 0.5) is 0 Å². The summed E-state index contributed by atoms with van der Waals surface area (Å²) in [4.78, 5) is 56.7. The molecule has 6 saturated carbocycles. The molecule has 3 N–H and O–H groups in total. The average Bonchev–Trinajstić information content (AvgIpc) is 2.59. The number of unbranched alkanes of at least 4 members (excludes halogenated alkanes) is 1. The number of ether oxygens (including phenoxy) is 6. The molecule has 3 unspecified atom stereocenters. The van der Waals surface area contributed by atoms with E-state index < -0.39 is 74.9 Å². The topological polar surface area (TPSA) is 222 Å². The summed E-state index contributed by atoms with van der Waals surface area (Å²) in [5, 5.41) is 44.6. The molecule has 21 atom stereocenters. The van der Waals surface area contributed by atoms with Gasteiger partial charge in [-0.1, -0.05) is 71.9 Å². The van der Waals surface area contributed by atoms with E-state index in [2.05, 4.69) is 51.9 Å². The minimum atomic E-state index is -1.72. The van der Waals surface area contributed by atoms with E-state index in [0.29, 0.717) is 71.0 Å². The molecular weight excluding hydrogens is 971 g/mol. The van der Waals surface area contributed by atoms with E-state index in [1.54, 1.807) is 54.2 Å². The fourth-order valence-electron chi connectivity index (χ4n) is 19.0. The van der Waals surface area contributed by atoms with Crippen molar-refractivity contribution in [2.75, 3.05) is 0 Å². The molecule has 2 spiro atoms. The summed E-state index contributed by atoms with van der Waals surface area (Å²) < 4.78 is 39.8. The summed E-state index contributed by atoms with van der Waals surface area (Å²) in [6.07, 6.45) is 1.39. The molecule has 0 amide bonds. The highest BCUT2D eigenvalue weighted by molar-refractivity contribution is 5.97. The van der Waals surface area contributed by atoms with Gasteiger partial charge in [-0.25, -0.2) is 4.79 Å². The second-order valence-electron chi connectivity index (χ2n) is 25.5. The van der Waals surface area contributed by atoms with Crippen molar-refractivity contribution >= 4 is 23.5 Å². The van der Waals surface area contributed by atoms with E-state index in [1.165, 1.54) is 6.07 Å². The van der Waals surface area contributed by atoms with Crippen LogP contribution in [0.5, 0.6) is 23.0 Å². The van der Waals surface area contributed by atoms with Crippen LogP contribution in [0.25, 0.3) is 0 Å². The molecule has 16 nitrogen and oxygen atoms in total. The van der Waals surface area contributed by atoms with Crippen LogP contribution in [0, 0.1) is 75.4 Å². The number of hydrogen-bond acceptors (Lipinski definition) is 15. The van der Waals surface area contributed by atoms with Crippen molar-refractivity contribution in [3.8, 4) is 23.0 Å². The lowest BCUT2D eigenvalue weighted by Crippen LogP contribution is -2.69. The fraction of sp³-hybridized carbons (Fsp3) is 0.600. The zero-order valence-corrected chi connectivity index (χ0v) is 44.2. The number of fused-ring (bicyclic) bond motifs is 15. The number of aliphatic hydroxyl groups is 2. The van der Waals surface area contributed by atoms with Crippen molar-refractivity contribution in [3.05, 3.63) is 94.8 Å². The van der Waals surface area contributed by atoms with Gasteiger partial charge in [0, 0.05) is 71.4 Å². The minimum Gasteiger partial charge on any atom is -0.508 e. The van der Waals surface area contributed by atoms with E-state index in [4.69, 9.17) is 28.4 Å². The van der Waals surface area contributed by atoms with E-state index >= 15 is 4.79 Å². The van der Waals surface area contributed by atoms with Crippen LogP contribution in [-0.2, 0) is 52.1 Å². The third kappa shape index (κ3) is 5.89. The summed E-state index contributed by atoms with van der Waals surface area (Å²) in [6.45, 7) is 17.7. The van der Waals surface area contributed by atoms with Crippen LogP contribution in [0.3, 0.4) is 0 Å². The van der Waals surface area contributed by atoms with E-state index in [-0.39, 0.29) is 96.5 Å². The molecule has 3 aromatic carbocycles. The number of esters is 2. The molecular formula is C60H67N3O13. The van der Waals surface area contributed by atoms with E-state index in [9.17, 15) is 29.7 Å². The Labute approximate surface area is 441 Å². The standard InChI is InChI=1S/C60H67N3O13/c1-27-29(3)56(6)46-28(2)53-59(75-53)24-42(65)58(8,70)57(59,7)48(46)50(68)47(56)44-45(27)55(5)30(4)51-41(73-51)23-38(55)49(67)52(44)74-43(66)15-11-12-20-63-25-31(61-62-63)26-71-33-17-19-37-40(22-33)72-39-21-32(64)16-18-36(39)60(37)35-14-10-9-13-34(35)54(69)76-60/h9-10,13-14,16-19,21-22,25,27-30,38,41,44-48,50-53,64,68,70H,11-12,15,20,23-24,26H2,1-8H3/t27-,28+,29+,30+,38-,41+,44-,45+,46+,47-,48?,50?,51-,52-,53-,55+,56-,57+,58-,59-,60?/m1/s1. The zero-order valence-electron chi connectivity index (χ0n) is 44.2. The van der Waals surface area contributed by atoms with Crippen LogP contribution in [0.1, 0.15) is 120 Å². The maximum absolute atomic E-state index is 15.4. The molecule has 16 heteroatoms. The first-order valence-corrected chi connectivity index (χ1v) is 27.6. The van der Waals surface area contributed by atoms with Crippen LogP contribution >= 0.6 is 0 Å². The normalized spacial score (nSPS) is 45.1. The molecule has 8 fully saturated rings. The van der Waals surface area contributed by atoms with Gasteiger partial charge in [-0.3, -0.25) is 19.1 Å². The van der Waals surface area contributed by atoms with E-state index in [0.717, 1.165) is 0 Å². The van der Waals surface area contributed by atoms with Crippen LogP contribution in [0.15, 0.2) is 66.9 Å². The zero-order chi connectivity index (χ0) is 53.1. The maximum atomic E-state index is 15.4. The number of ketones is 2. The number of phenolic OH excluding ortho intramolecular Hbond substituents is 1. The number of aliphatic hydroxyl groups excluding tert-OH is 1. The molecule has 4 aromatic rings. The Morgan fingerprint density at radius 2 is 1.61 bits per heavy atom. The molecule has 0 radical (unpaired) electrons. The number of nitrogens with zero attached hydrogens (tertiary/aromatic N) is 3. The average molecular weight is 1040 g/mol. The van der Waals surface area contributed by atoms with Gasteiger partial charge in [0.1, 0.15) is 46.5 Å². The second kappa shape index (κ2) is 15.8. The van der Waals surface area contributed by atoms with Gasteiger partial charge in [0.25, 0.3) is 0 Å². The summed E-state index contributed by atoms with van der Waals surface area (Å²) in [7, 11) is 0. The van der Waals surface area contributed by atoms with Crippen LogP contribution in [0.2, 0.25) is 0 Å². The number of aryl methyl sites for hydroxylation is 1. The van der Waals surface area contributed by atoms with Gasteiger partial charge in [-0.05, 0) is 109 Å². The highest BCUT2D eigenvalue weighted by Gasteiger charge is 2.90. The van der Waals surface area contributed by atoms with Gasteiger partial charge in [0.2, 0.25) is 0 Å². The Morgan fingerprint density at radius 1 is 0.855 bits per heavy atom. The highest BCUT2D eigenvalue weighted by atomic mass is 16.6. The first kappa shape index (κ1) is 48.7. The number of hydrogen-bond donors (Lipinski definition) is 3. The number of Topliss-reactive ketones (excluding diaryl/α,β-unsaturated/α-hetero) is 2. The summed E-state index contributed by atoms with van der Waals surface area (Å²) in [6, 6.07) is 17.3. The van der Waals surface area contributed by atoms with Crippen molar-refractivity contribution in [2.45, 2.75) is 148 Å². The van der Waals surface area contributed by atoms with Crippen molar-refractivity contribution in [1.29, 1.82) is 0 Å². The second-order valence-corrected chi connectivity index (χ2v) is 25.5. The molecule has 76 heavy (non-hydrogen) atoms. The maximum Gasteiger partial charge on any atom is 0.340 e. The lowest BCUT2D eigenvalue weighted by molar-refractivity contribution is -0.226. The predicted octanol–water partition coefficient (Wildman–Crippen LogP) is 7.49. The van der Waals surface area contributed by atoms with Crippen molar-refractivity contribution in [2.24, 2.45) is 75.4 Å². The molecule has 400 valence electrons. The molecule has 1 aromatic heterocycles. The van der Waals surface area contributed by atoms with Gasteiger partial charge < -0.3 is 43.7 Å². The largest absolute Gasteiger partial charge is 0.508 e. The van der Waals surface area contributed by atoms with Crippen LogP contribution in [-0.4, -0.2) is 95.5 Å². The van der Waals surface area contributed by atoms with Crippen molar-refractivity contribution < 1.29 is 62.9 Å². The van der Waals surface area contributed by atoms with Crippen molar-refractivity contribution in [1.82, 2.24) is 15.0 Å². The monoisotopic (exact) mass is 1040 g/mol. The lowest BCUT2D eigenvalue weighted by atomic mass is 9.37. The fourth-order valence-corrected chi connectivity index (χ4v) is 19.0. The number of epoxide rings is 2. The highest BCUT2D eigenvalue weighted by Crippen LogP contribution is 2.82. The number of phenols is 1. The third-order valence-corrected chi connectivity index (χ3v) is 23.0. The Hall–Kier alpha value is -5.68.